The minimum atomic E-state index is -0.516. The van der Waals surface area contributed by atoms with E-state index in [1.807, 2.05) is 6.92 Å². The zero-order chi connectivity index (χ0) is 14.7. The highest BCUT2D eigenvalue weighted by Crippen LogP contribution is 2.34. The van der Waals surface area contributed by atoms with Gasteiger partial charge in [0, 0.05) is 11.0 Å². The Balaban J connectivity index is 2.35. The third-order valence-electron chi connectivity index (χ3n) is 2.34. The Bertz CT molecular complexity index is 640. The van der Waals surface area contributed by atoms with Gasteiger partial charge in [0.05, 0.1) is 5.02 Å². The number of ether oxygens (including phenoxy) is 1. The zero-order valence-corrected chi connectivity index (χ0v) is 13.5. The van der Waals surface area contributed by atoms with Crippen molar-refractivity contribution in [1.82, 2.24) is 4.98 Å². The first-order chi connectivity index (χ1) is 9.51. The standard InChI is InChI=1S/C13H10BrCl2FN2O/c1-2-18-12-8(15)6-9(16)13(19-12)20-11-4-3-7(14)5-10(11)17/h3-6H,2H2,1H3,(H,18,19). The van der Waals surface area contributed by atoms with Crippen LogP contribution in [0.1, 0.15) is 6.92 Å². The van der Waals surface area contributed by atoms with Crippen LogP contribution in [0.2, 0.25) is 10.0 Å². The summed E-state index contributed by atoms with van der Waals surface area (Å²) in [6.07, 6.45) is 0. The highest BCUT2D eigenvalue weighted by molar-refractivity contribution is 9.10. The second kappa shape index (κ2) is 6.61. The molecule has 0 radical (unpaired) electrons. The molecule has 20 heavy (non-hydrogen) atoms. The van der Waals surface area contributed by atoms with Gasteiger partial charge in [-0.3, -0.25) is 0 Å². The van der Waals surface area contributed by atoms with Crippen LogP contribution >= 0.6 is 39.1 Å². The van der Waals surface area contributed by atoms with Crippen LogP contribution in [0.25, 0.3) is 0 Å². The molecular formula is C13H10BrCl2FN2O. The summed E-state index contributed by atoms with van der Waals surface area (Å²) in [5.41, 5.74) is 0. The number of rotatable bonds is 4. The van der Waals surface area contributed by atoms with E-state index in [0.29, 0.717) is 21.9 Å². The molecule has 7 heteroatoms. The van der Waals surface area contributed by atoms with Gasteiger partial charge in [0.15, 0.2) is 11.6 Å². The Morgan fingerprint density at radius 2 is 2.05 bits per heavy atom. The van der Waals surface area contributed by atoms with Crippen molar-refractivity contribution in [1.29, 1.82) is 0 Å². The van der Waals surface area contributed by atoms with Gasteiger partial charge in [0.1, 0.15) is 10.8 Å². The Morgan fingerprint density at radius 3 is 2.70 bits per heavy atom. The molecule has 0 fully saturated rings. The molecular weight excluding hydrogens is 370 g/mol. The Labute approximate surface area is 134 Å². The van der Waals surface area contributed by atoms with Crippen LogP contribution in [0.4, 0.5) is 10.2 Å². The van der Waals surface area contributed by atoms with Gasteiger partial charge in [-0.05, 0) is 31.2 Å². The number of hydrogen-bond acceptors (Lipinski definition) is 3. The molecule has 0 aliphatic carbocycles. The number of benzene rings is 1. The van der Waals surface area contributed by atoms with Crippen molar-refractivity contribution >= 4 is 44.9 Å². The molecule has 0 aliphatic rings. The molecule has 1 heterocycles. The van der Waals surface area contributed by atoms with E-state index < -0.39 is 5.82 Å². The van der Waals surface area contributed by atoms with Crippen LogP contribution in [-0.2, 0) is 0 Å². The maximum Gasteiger partial charge on any atom is 0.240 e. The monoisotopic (exact) mass is 378 g/mol. The lowest BCUT2D eigenvalue weighted by Gasteiger charge is -2.11. The van der Waals surface area contributed by atoms with Crippen LogP contribution in [0.5, 0.6) is 11.6 Å². The molecule has 1 aromatic heterocycles. The predicted molar refractivity (Wildman–Crippen MR) is 82.6 cm³/mol. The first-order valence-corrected chi connectivity index (χ1v) is 7.29. The van der Waals surface area contributed by atoms with Crippen molar-refractivity contribution in [3.63, 3.8) is 0 Å². The first kappa shape index (κ1) is 15.4. The second-order valence-electron chi connectivity index (χ2n) is 3.81. The Hall–Kier alpha value is -1.04. The molecule has 0 saturated heterocycles. The van der Waals surface area contributed by atoms with Crippen LogP contribution in [0.3, 0.4) is 0 Å². The van der Waals surface area contributed by atoms with E-state index >= 15 is 0 Å². The number of nitrogens with one attached hydrogen (secondary N) is 1. The summed E-state index contributed by atoms with van der Waals surface area (Å²) in [4.78, 5) is 4.14. The third-order valence-corrected chi connectivity index (χ3v) is 3.39. The maximum atomic E-state index is 13.7. The van der Waals surface area contributed by atoms with E-state index in [1.165, 1.54) is 18.2 Å². The largest absolute Gasteiger partial charge is 0.434 e. The minimum absolute atomic E-state index is 0.0346. The zero-order valence-electron chi connectivity index (χ0n) is 10.4. The number of hydrogen-bond donors (Lipinski definition) is 1. The molecule has 3 nitrogen and oxygen atoms in total. The molecule has 2 aromatic rings. The van der Waals surface area contributed by atoms with Gasteiger partial charge in [-0.15, -0.1) is 0 Å². The van der Waals surface area contributed by atoms with Gasteiger partial charge >= 0.3 is 0 Å². The highest BCUT2D eigenvalue weighted by Gasteiger charge is 2.13. The summed E-state index contributed by atoms with van der Waals surface area (Å²) < 4.78 is 19.7. The molecule has 1 aromatic carbocycles. The summed E-state index contributed by atoms with van der Waals surface area (Å²) in [7, 11) is 0. The number of anilines is 1. The van der Waals surface area contributed by atoms with E-state index in [9.17, 15) is 4.39 Å². The van der Waals surface area contributed by atoms with Crippen molar-refractivity contribution in [3.8, 4) is 11.6 Å². The highest BCUT2D eigenvalue weighted by atomic mass is 79.9. The molecule has 2 rings (SSSR count). The topological polar surface area (TPSA) is 34.2 Å². The van der Waals surface area contributed by atoms with E-state index in [-0.39, 0.29) is 16.7 Å². The van der Waals surface area contributed by atoms with Crippen molar-refractivity contribution in [3.05, 3.63) is 44.6 Å². The molecule has 0 atom stereocenters. The van der Waals surface area contributed by atoms with Crippen LogP contribution < -0.4 is 10.1 Å². The maximum absolute atomic E-state index is 13.7. The SMILES string of the molecule is CCNc1nc(Oc2ccc(Br)cc2F)c(Cl)cc1Cl. The third kappa shape index (κ3) is 3.53. The Kier molecular flexibility index (Phi) is 5.07. The lowest BCUT2D eigenvalue weighted by atomic mass is 10.3. The van der Waals surface area contributed by atoms with Gasteiger partial charge < -0.3 is 10.1 Å². The van der Waals surface area contributed by atoms with Crippen molar-refractivity contribution in [2.75, 3.05) is 11.9 Å². The van der Waals surface area contributed by atoms with E-state index in [0.717, 1.165) is 0 Å². The average molecular weight is 380 g/mol. The van der Waals surface area contributed by atoms with Crippen LogP contribution in [0.15, 0.2) is 28.7 Å². The van der Waals surface area contributed by atoms with Gasteiger partial charge in [-0.25, -0.2) is 4.39 Å². The molecule has 0 amide bonds. The van der Waals surface area contributed by atoms with Crippen molar-refractivity contribution in [2.45, 2.75) is 6.92 Å². The first-order valence-electron chi connectivity index (χ1n) is 5.74. The van der Waals surface area contributed by atoms with Gasteiger partial charge in [0.25, 0.3) is 0 Å². The molecule has 0 saturated carbocycles. The number of aromatic nitrogens is 1. The summed E-state index contributed by atoms with van der Waals surface area (Å²) in [5, 5.41) is 3.55. The fraction of sp³-hybridized carbons (Fsp3) is 0.154. The summed E-state index contributed by atoms with van der Waals surface area (Å²) in [6, 6.07) is 5.94. The van der Waals surface area contributed by atoms with Gasteiger partial charge in [-0.1, -0.05) is 39.1 Å². The molecule has 0 spiro atoms. The Morgan fingerprint density at radius 1 is 1.30 bits per heavy atom. The number of pyridine rings is 1. The summed E-state index contributed by atoms with van der Waals surface area (Å²) in [6.45, 7) is 2.54. The quantitative estimate of drug-likeness (QED) is 0.759. The van der Waals surface area contributed by atoms with Crippen molar-refractivity contribution < 1.29 is 9.13 Å². The smallest absolute Gasteiger partial charge is 0.240 e. The summed E-state index contributed by atoms with van der Waals surface area (Å²) >= 11 is 15.2. The molecule has 0 unspecified atom stereocenters. The van der Waals surface area contributed by atoms with E-state index in [4.69, 9.17) is 27.9 Å². The lowest BCUT2D eigenvalue weighted by Crippen LogP contribution is -2.02. The summed E-state index contributed by atoms with van der Waals surface area (Å²) in [5.74, 6) is 0.0453. The minimum Gasteiger partial charge on any atom is -0.434 e. The average Bonchev–Trinajstić information content (AvgIpc) is 2.38. The predicted octanol–water partition coefficient (Wildman–Crippen LogP) is 5.51. The second-order valence-corrected chi connectivity index (χ2v) is 5.54. The molecule has 1 N–H and O–H groups in total. The fourth-order valence-corrected chi connectivity index (χ4v) is 2.27. The van der Waals surface area contributed by atoms with E-state index in [2.05, 4.69) is 26.2 Å². The lowest BCUT2D eigenvalue weighted by molar-refractivity contribution is 0.428. The van der Waals surface area contributed by atoms with Gasteiger partial charge in [0.2, 0.25) is 5.88 Å². The van der Waals surface area contributed by atoms with Crippen LogP contribution in [-0.4, -0.2) is 11.5 Å². The van der Waals surface area contributed by atoms with E-state index in [1.54, 1.807) is 6.07 Å². The molecule has 0 bridgehead atoms. The van der Waals surface area contributed by atoms with Crippen molar-refractivity contribution in [2.24, 2.45) is 0 Å². The molecule has 0 aliphatic heterocycles. The molecule has 106 valence electrons. The normalized spacial score (nSPS) is 10.4. The number of halogens is 4. The fourth-order valence-electron chi connectivity index (χ4n) is 1.47. The van der Waals surface area contributed by atoms with Gasteiger partial charge in [-0.2, -0.15) is 4.98 Å². The van der Waals surface area contributed by atoms with Crippen LogP contribution in [0, 0.1) is 5.82 Å². The number of nitrogens with zero attached hydrogens (tertiary/aromatic N) is 1.